The van der Waals surface area contributed by atoms with E-state index in [1.807, 2.05) is 6.92 Å². The Morgan fingerprint density at radius 3 is 2.35 bits per heavy atom. The van der Waals surface area contributed by atoms with Gasteiger partial charge in [-0.3, -0.25) is 5.32 Å². The van der Waals surface area contributed by atoms with Gasteiger partial charge in [0.1, 0.15) is 11.9 Å². The van der Waals surface area contributed by atoms with Crippen LogP contribution >= 0.6 is 0 Å². The fourth-order valence-corrected chi connectivity index (χ4v) is 5.28. The topological polar surface area (TPSA) is 94.2 Å². The van der Waals surface area contributed by atoms with E-state index >= 15 is 0 Å². The molecule has 1 saturated heterocycles. The van der Waals surface area contributed by atoms with E-state index in [4.69, 9.17) is 9.47 Å². The lowest BCUT2D eigenvalue weighted by Crippen LogP contribution is -2.50. The number of hydrogen-bond acceptors (Lipinski definition) is 6. The molecule has 12 heteroatoms. The van der Waals surface area contributed by atoms with Gasteiger partial charge in [-0.05, 0) is 49.7 Å². The van der Waals surface area contributed by atoms with Crippen LogP contribution in [-0.4, -0.2) is 57.6 Å². The number of nitrogens with zero attached hydrogens (tertiary/aromatic N) is 1. The number of halogens is 3. The highest BCUT2D eigenvalue weighted by Gasteiger charge is 2.38. The Morgan fingerprint density at radius 1 is 1.12 bits per heavy atom. The van der Waals surface area contributed by atoms with Gasteiger partial charge in [-0.15, -0.1) is 13.2 Å². The van der Waals surface area contributed by atoms with Crippen LogP contribution in [0.2, 0.25) is 0 Å². The second kappa shape index (κ2) is 10.6. The van der Waals surface area contributed by atoms with Crippen LogP contribution in [0, 0.1) is 6.92 Å². The minimum Gasteiger partial charge on any atom is -0.446 e. The van der Waals surface area contributed by atoms with Crippen molar-refractivity contribution in [3.05, 3.63) is 54.1 Å². The van der Waals surface area contributed by atoms with Gasteiger partial charge < -0.3 is 14.2 Å². The van der Waals surface area contributed by atoms with Crippen molar-refractivity contribution in [3.63, 3.8) is 0 Å². The van der Waals surface area contributed by atoms with E-state index in [9.17, 15) is 26.4 Å². The van der Waals surface area contributed by atoms with Crippen LogP contribution < -0.4 is 10.1 Å². The third-order valence-corrected chi connectivity index (χ3v) is 7.17. The van der Waals surface area contributed by atoms with Gasteiger partial charge in [0.2, 0.25) is 10.0 Å². The molecule has 0 spiro atoms. The number of rotatable bonds is 7. The largest absolute Gasteiger partial charge is 0.573 e. The number of alkyl halides is 3. The van der Waals surface area contributed by atoms with Crippen LogP contribution in [0.1, 0.15) is 18.4 Å². The molecule has 0 unspecified atom stereocenters. The average Bonchev–Trinajstić information content (AvgIpc) is 2.75. The predicted octanol–water partition coefficient (Wildman–Crippen LogP) is 4.31. The number of amides is 1. The summed E-state index contributed by atoms with van der Waals surface area (Å²) in [6, 6.07) is 10.6. The van der Waals surface area contributed by atoms with Crippen LogP contribution in [-0.2, 0) is 19.5 Å². The molecule has 3 rings (SSSR count). The number of nitrogens with one attached hydrogen (secondary N) is 1. The normalized spacial score (nSPS) is 19.4. The van der Waals surface area contributed by atoms with Crippen LogP contribution in [0.15, 0.2) is 53.4 Å². The number of carbonyl (C=O) groups excluding carboxylic acids is 1. The molecule has 1 N–H and O–H groups in total. The van der Waals surface area contributed by atoms with Crippen LogP contribution in [0.25, 0.3) is 0 Å². The zero-order valence-corrected chi connectivity index (χ0v) is 19.4. The van der Waals surface area contributed by atoms with Crippen molar-refractivity contribution < 1.29 is 40.6 Å². The maximum Gasteiger partial charge on any atom is 0.573 e. The lowest BCUT2D eigenvalue weighted by Gasteiger charge is -2.37. The molecule has 2 aromatic rings. The molecule has 8 nitrogen and oxygen atoms in total. The maximum absolute atomic E-state index is 13.1. The van der Waals surface area contributed by atoms with Crippen molar-refractivity contribution in [2.24, 2.45) is 0 Å². The number of carbonyl (C=O) groups is 1. The molecule has 0 aromatic heterocycles. The zero-order chi connectivity index (χ0) is 24.9. The monoisotopic (exact) mass is 502 g/mol. The Labute approximate surface area is 195 Å². The first-order valence-electron chi connectivity index (χ1n) is 10.4. The molecule has 2 atom stereocenters. The van der Waals surface area contributed by atoms with Crippen molar-refractivity contribution in [1.29, 1.82) is 0 Å². The summed E-state index contributed by atoms with van der Waals surface area (Å²) in [5.41, 5.74) is 1.15. The molecule has 186 valence electrons. The molecule has 1 aliphatic heterocycles. The number of hydrogen-bond donors (Lipinski definition) is 1. The van der Waals surface area contributed by atoms with Crippen molar-refractivity contribution >= 4 is 21.8 Å². The van der Waals surface area contributed by atoms with Gasteiger partial charge in [-0.25, -0.2) is 13.2 Å². The van der Waals surface area contributed by atoms with E-state index in [1.165, 1.54) is 23.5 Å². The first-order chi connectivity index (χ1) is 16.0. The van der Waals surface area contributed by atoms with Crippen LogP contribution in [0.4, 0.5) is 23.7 Å². The highest BCUT2D eigenvalue weighted by atomic mass is 32.2. The first-order valence-corrected chi connectivity index (χ1v) is 11.8. The summed E-state index contributed by atoms with van der Waals surface area (Å²) in [5.74, 6) is -0.420. The number of ether oxygens (including phenoxy) is 3. The summed E-state index contributed by atoms with van der Waals surface area (Å²) < 4.78 is 78.8. The third-order valence-electron chi connectivity index (χ3n) is 5.21. The lowest BCUT2D eigenvalue weighted by molar-refractivity contribution is -0.274. The summed E-state index contributed by atoms with van der Waals surface area (Å²) >= 11 is 0. The van der Waals surface area contributed by atoms with Gasteiger partial charge in [0, 0.05) is 25.8 Å². The number of methoxy groups -OCH3 is 1. The molecule has 1 amide bonds. The number of benzene rings is 2. The van der Waals surface area contributed by atoms with Gasteiger partial charge in [0.05, 0.1) is 17.5 Å². The highest BCUT2D eigenvalue weighted by molar-refractivity contribution is 7.89. The minimum absolute atomic E-state index is 0.118. The average molecular weight is 503 g/mol. The van der Waals surface area contributed by atoms with Gasteiger partial charge in [-0.1, -0.05) is 17.7 Å². The fraction of sp³-hybridized carbons (Fsp3) is 0.409. The Bertz CT molecular complexity index is 1080. The van der Waals surface area contributed by atoms with Crippen LogP contribution in [0.3, 0.4) is 0 Å². The summed E-state index contributed by atoms with van der Waals surface area (Å²) in [6.07, 6.45) is -5.69. The molecule has 1 heterocycles. The number of aryl methyl sites for hydroxylation is 1. The first kappa shape index (κ1) is 25.8. The SMILES string of the molecule is COC[C@@H]1C[C@@H](OC(=O)Nc2ccc(OC(F)(F)F)cc2)CCN1S(=O)(=O)c1ccc(C)cc1. The number of anilines is 1. The molecule has 1 aliphatic rings. The molecule has 2 aromatic carbocycles. The number of piperidine rings is 1. The number of sulfonamides is 1. The molecule has 1 fully saturated rings. The van der Waals surface area contributed by atoms with Gasteiger partial charge in [0.15, 0.2) is 0 Å². The van der Waals surface area contributed by atoms with E-state index in [0.29, 0.717) is 0 Å². The van der Waals surface area contributed by atoms with Crippen LogP contribution in [0.5, 0.6) is 5.75 Å². The summed E-state index contributed by atoms with van der Waals surface area (Å²) in [6.45, 7) is 2.11. The fourth-order valence-electron chi connectivity index (χ4n) is 3.64. The van der Waals surface area contributed by atoms with E-state index in [0.717, 1.165) is 17.7 Å². The Morgan fingerprint density at radius 2 is 1.76 bits per heavy atom. The Hall–Kier alpha value is -2.83. The maximum atomic E-state index is 13.1. The van der Waals surface area contributed by atoms with Crippen molar-refractivity contribution in [3.8, 4) is 5.75 Å². The smallest absolute Gasteiger partial charge is 0.446 e. The van der Waals surface area contributed by atoms with Gasteiger partial charge >= 0.3 is 12.5 Å². The van der Waals surface area contributed by atoms with Gasteiger partial charge in [0.25, 0.3) is 0 Å². The molecule has 34 heavy (non-hydrogen) atoms. The Kier molecular flexibility index (Phi) is 8.05. The van der Waals surface area contributed by atoms with E-state index < -0.39 is 40.4 Å². The third kappa shape index (κ3) is 6.84. The molecule has 0 aliphatic carbocycles. The van der Waals surface area contributed by atoms with E-state index in [-0.39, 0.29) is 36.6 Å². The summed E-state index contributed by atoms with van der Waals surface area (Å²) in [4.78, 5) is 12.5. The summed E-state index contributed by atoms with van der Waals surface area (Å²) in [7, 11) is -2.30. The Balaban J connectivity index is 1.61. The van der Waals surface area contributed by atoms with E-state index in [1.54, 1.807) is 24.3 Å². The molecule has 0 bridgehead atoms. The molecular formula is C22H25F3N2O6S. The van der Waals surface area contributed by atoms with Crippen molar-refractivity contribution in [2.45, 2.75) is 43.2 Å². The standard InChI is InChI=1S/C22H25F3N2O6S/c1-15-3-9-20(10-4-15)34(29,30)27-12-11-19(13-17(27)14-31-2)32-21(28)26-16-5-7-18(8-6-16)33-22(23,24)25/h3-10,17,19H,11-14H2,1-2H3,(H,26,28)/t17-,19-/m0/s1. The second-order valence-corrected chi connectivity index (χ2v) is 9.68. The quantitative estimate of drug-likeness (QED) is 0.607. The molecular weight excluding hydrogens is 477 g/mol. The predicted molar refractivity (Wildman–Crippen MR) is 117 cm³/mol. The van der Waals surface area contributed by atoms with Crippen molar-refractivity contribution in [1.82, 2.24) is 4.31 Å². The van der Waals surface area contributed by atoms with Gasteiger partial charge in [-0.2, -0.15) is 4.31 Å². The summed E-state index contributed by atoms with van der Waals surface area (Å²) in [5, 5.41) is 2.44. The minimum atomic E-state index is -4.81. The van der Waals surface area contributed by atoms with E-state index in [2.05, 4.69) is 10.1 Å². The second-order valence-electron chi connectivity index (χ2n) is 7.79. The highest BCUT2D eigenvalue weighted by Crippen LogP contribution is 2.28. The lowest BCUT2D eigenvalue weighted by atomic mass is 10.0. The van der Waals surface area contributed by atoms with Crippen molar-refractivity contribution in [2.75, 3.05) is 25.6 Å². The molecule has 0 radical (unpaired) electrons. The molecule has 0 saturated carbocycles. The zero-order valence-electron chi connectivity index (χ0n) is 18.5.